The molecule has 0 aliphatic heterocycles. The molecule has 100 valence electrons. The molecule has 0 aromatic heterocycles. The van der Waals surface area contributed by atoms with Crippen molar-refractivity contribution in [3.8, 4) is 5.75 Å². The maximum Gasteiger partial charge on any atom is 0.339 e. The number of benzene rings is 1. The molecular weight excluding hydrogens is 241 g/mol. The molecule has 0 unspecified atom stereocenters. The third kappa shape index (κ3) is 2.44. The van der Waals surface area contributed by atoms with Gasteiger partial charge in [-0.25, -0.2) is 9.18 Å². The zero-order chi connectivity index (χ0) is 14.1. The van der Waals surface area contributed by atoms with E-state index >= 15 is 0 Å². The van der Waals surface area contributed by atoms with E-state index in [0.29, 0.717) is 0 Å². The molecule has 0 saturated carbocycles. The van der Waals surface area contributed by atoms with Gasteiger partial charge in [0.2, 0.25) is 0 Å². The van der Waals surface area contributed by atoms with Gasteiger partial charge in [-0.05, 0) is 12.1 Å². The van der Waals surface area contributed by atoms with Crippen molar-refractivity contribution in [1.82, 2.24) is 0 Å². The zero-order valence-corrected chi connectivity index (χ0v) is 10.1. The number of halogens is 1. The molecule has 0 spiro atoms. The van der Waals surface area contributed by atoms with E-state index in [1.807, 2.05) is 0 Å². The van der Waals surface area contributed by atoms with E-state index in [1.54, 1.807) is 13.8 Å². The maximum absolute atomic E-state index is 13.7. The van der Waals surface area contributed by atoms with Crippen LogP contribution in [0, 0.1) is 11.2 Å². The molecule has 0 fully saturated rings. The smallest absolute Gasteiger partial charge is 0.339 e. The third-order valence-corrected chi connectivity index (χ3v) is 2.95. The Morgan fingerprint density at radius 2 is 2.06 bits per heavy atom. The Morgan fingerprint density at radius 3 is 2.50 bits per heavy atom. The molecule has 1 rings (SSSR count). The minimum atomic E-state index is -1.37. The van der Waals surface area contributed by atoms with Crippen LogP contribution in [0.5, 0.6) is 5.75 Å². The Balaban J connectivity index is 3.40. The van der Waals surface area contributed by atoms with E-state index in [9.17, 15) is 19.4 Å². The summed E-state index contributed by atoms with van der Waals surface area (Å²) in [5, 5.41) is 27.8. The van der Waals surface area contributed by atoms with Gasteiger partial charge in [0, 0.05) is 23.6 Å². The van der Waals surface area contributed by atoms with Crippen molar-refractivity contribution in [3.05, 3.63) is 29.1 Å². The standard InChI is InChI=1S/C12H16FNO4/c1-12(2,5-15)10(14)8-7(13)4-3-6(9(8)16)11(17)18/h3-4,10,15-16H,5,14H2,1-2H3,(H,17,18)/t10-/m1/s1. The number of hydrogen-bond donors (Lipinski definition) is 4. The Hall–Kier alpha value is -1.66. The molecule has 0 bridgehead atoms. The first-order chi connectivity index (χ1) is 8.22. The van der Waals surface area contributed by atoms with E-state index in [2.05, 4.69) is 0 Å². The fraction of sp³-hybridized carbons (Fsp3) is 0.417. The molecule has 0 amide bonds. The fourth-order valence-electron chi connectivity index (χ4n) is 1.54. The van der Waals surface area contributed by atoms with Gasteiger partial charge in [-0.2, -0.15) is 0 Å². The van der Waals surface area contributed by atoms with Gasteiger partial charge in [-0.1, -0.05) is 13.8 Å². The molecule has 0 saturated heterocycles. The summed E-state index contributed by atoms with van der Waals surface area (Å²) in [6.07, 6.45) is 0. The van der Waals surface area contributed by atoms with Crippen LogP contribution in [0.4, 0.5) is 4.39 Å². The van der Waals surface area contributed by atoms with Gasteiger partial charge >= 0.3 is 5.97 Å². The van der Waals surface area contributed by atoms with Crippen LogP contribution in [0.25, 0.3) is 0 Å². The lowest BCUT2D eigenvalue weighted by molar-refractivity contribution is 0.0693. The number of phenols is 1. The number of aliphatic hydroxyl groups excluding tert-OH is 1. The van der Waals surface area contributed by atoms with Gasteiger partial charge in [-0.15, -0.1) is 0 Å². The van der Waals surface area contributed by atoms with Crippen molar-refractivity contribution in [3.63, 3.8) is 0 Å². The second-order valence-corrected chi connectivity index (χ2v) is 4.79. The summed E-state index contributed by atoms with van der Waals surface area (Å²) < 4.78 is 13.7. The van der Waals surface area contributed by atoms with Crippen molar-refractivity contribution in [2.45, 2.75) is 19.9 Å². The van der Waals surface area contributed by atoms with E-state index < -0.39 is 34.6 Å². The summed E-state index contributed by atoms with van der Waals surface area (Å²) in [7, 11) is 0. The van der Waals surface area contributed by atoms with Gasteiger partial charge in [0.1, 0.15) is 17.1 Å². The Bertz CT molecular complexity index is 473. The second-order valence-electron chi connectivity index (χ2n) is 4.79. The van der Waals surface area contributed by atoms with Gasteiger partial charge in [-0.3, -0.25) is 0 Å². The van der Waals surface area contributed by atoms with Crippen LogP contribution in [0.15, 0.2) is 12.1 Å². The highest BCUT2D eigenvalue weighted by Crippen LogP contribution is 2.38. The molecule has 6 heteroatoms. The summed E-state index contributed by atoms with van der Waals surface area (Å²) >= 11 is 0. The van der Waals surface area contributed by atoms with Gasteiger partial charge in [0.15, 0.2) is 0 Å². The maximum atomic E-state index is 13.7. The molecule has 0 aliphatic carbocycles. The number of carboxylic acids is 1. The van der Waals surface area contributed by atoms with Crippen molar-refractivity contribution in [2.24, 2.45) is 11.1 Å². The largest absolute Gasteiger partial charge is 0.507 e. The van der Waals surface area contributed by atoms with Gasteiger partial charge < -0.3 is 21.1 Å². The van der Waals surface area contributed by atoms with Gasteiger partial charge in [0.25, 0.3) is 0 Å². The molecule has 1 aromatic rings. The lowest BCUT2D eigenvalue weighted by Crippen LogP contribution is -2.33. The first-order valence-electron chi connectivity index (χ1n) is 5.33. The normalized spacial score (nSPS) is 13.4. The van der Waals surface area contributed by atoms with E-state index in [1.165, 1.54) is 0 Å². The average Bonchev–Trinajstić information content (AvgIpc) is 2.28. The van der Waals surface area contributed by atoms with Crippen LogP contribution in [-0.4, -0.2) is 27.9 Å². The number of carboxylic acid groups (broad SMARTS) is 1. The molecular formula is C12H16FNO4. The van der Waals surface area contributed by atoms with Gasteiger partial charge in [0.05, 0.1) is 0 Å². The molecule has 1 atom stereocenters. The molecule has 1 aromatic carbocycles. The van der Waals surface area contributed by atoms with E-state index in [4.69, 9.17) is 10.8 Å². The van der Waals surface area contributed by atoms with Crippen LogP contribution in [0.2, 0.25) is 0 Å². The molecule has 5 N–H and O–H groups in total. The number of hydrogen-bond acceptors (Lipinski definition) is 4. The quantitative estimate of drug-likeness (QED) is 0.650. The predicted octanol–water partition coefficient (Wildman–Crippen LogP) is 1.25. The summed E-state index contributed by atoms with van der Waals surface area (Å²) in [5.74, 6) is -2.87. The summed E-state index contributed by atoms with van der Waals surface area (Å²) in [4.78, 5) is 10.9. The monoisotopic (exact) mass is 257 g/mol. The van der Waals surface area contributed by atoms with E-state index in [-0.39, 0.29) is 12.2 Å². The molecule has 18 heavy (non-hydrogen) atoms. The second kappa shape index (κ2) is 4.91. The summed E-state index contributed by atoms with van der Waals surface area (Å²) in [5.41, 5.74) is 4.19. The molecule has 0 aliphatic rings. The highest BCUT2D eigenvalue weighted by Gasteiger charge is 2.32. The number of carbonyl (C=O) groups is 1. The molecule has 0 heterocycles. The predicted molar refractivity (Wildman–Crippen MR) is 62.8 cm³/mol. The van der Waals surface area contributed by atoms with Crippen molar-refractivity contribution in [1.29, 1.82) is 0 Å². The number of nitrogens with two attached hydrogens (primary N) is 1. The van der Waals surface area contributed by atoms with Crippen LogP contribution in [0.3, 0.4) is 0 Å². The number of aliphatic hydroxyl groups is 1. The van der Waals surface area contributed by atoms with Crippen LogP contribution in [-0.2, 0) is 0 Å². The summed E-state index contributed by atoms with van der Waals surface area (Å²) in [6.45, 7) is 2.85. The highest BCUT2D eigenvalue weighted by molar-refractivity contribution is 5.91. The number of rotatable bonds is 4. The van der Waals surface area contributed by atoms with E-state index in [0.717, 1.165) is 12.1 Å². The molecule has 5 nitrogen and oxygen atoms in total. The Morgan fingerprint density at radius 1 is 1.50 bits per heavy atom. The summed E-state index contributed by atoms with van der Waals surface area (Å²) in [6, 6.07) is 0.878. The lowest BCUT2D eigenvalue weighted by atomic mass is 9.81. The SMILES string of the molecule is CC(C)(CO)[C@H](N)c1c(F)ccc(C(=O)O)c1O. The minimum Gasteiger partial charge on any atom is -0.507 e. The fourth-order valence-corrected chi connectivity index (χ4v) is 1.54. The third-order valence-electron chi connectivity index (χ3n) is 2.95. The molecule has 0 radical (unpaired) electrons. The zero-order valence-electron chi connectivity index (χ0n) is 10.1. The lowest BCUT2D eigenvalue weighted by Gasteiger charge is -2.30. The van der Waals surface area contributed by atoms with Crippen LogP contribution in [0.1, 0.15) is 35.8 Å². The first kappa shape index (κ1) is 14.4. The Kier molecular flexibility index (Phi) is 3.93. The highest BCUT2D eigenvalue weighted by atomic mass is 19.1. The number of aromatic hydroxyl groups is 1. The van der Waals surface area contributed by atoms with Crippen LogP contribution < -0.4 is 5.73 Å². The van der Waals surface area contributed by atoms with Crippen molar-refractivity contribution >= 4 is 5.97 Å². The first-order valence-corrected chi connectivity index (χ1v) is 5.33. The van der Waals surface area contributed by atoms with Crippen molar-refractivity contribution < 1.29 is 24.5 Å². The Labute approximate surface area is 104 Å². The average molecular weight is 257 g/mol. The van der Waals surface area contributed by atoms with Crippen LogP contribution >= 0.6 is 0 Å². The topological polar surface area (TPSA) is 104 Å². The minimum absolute atomic E-state index is 0.297. The number of aromatic carboxylic acids is 1. The van der Waals surface area contributed by atoms with Crippen molar-refractivity contribution in [2.75, 3.05) is 6.61 Å².